The molecular formula is C18H16N2O7S. The summed E-state index contributed by atoms with van der Waals surface area (Å²) in [6, 6.07) is 7.10. The molecule has 1 aromatic carbocycles. The summed E-state index contributed by atoms with van der Waals surface area (Å²) in [6.45, 7) is -0.350. The molecule has 146 valence electrons. The topological polar surface area (TPSA) is 131 Å². The largest absolute Gasteiger partial charge is 0.465 e. The monoisotopic (exact) mass is 404 g/mol. The predicted molar refractivity (Wildman–Crippen MR) is 98.9 cm³/mol. The molecule has 0 aliphatic carbocycles. The molecular weight excluding hydrogens is 388 g/mol. The second-order valence-electron chi connectivity index (χ2n) is 5.60. The zero-order chi connectivity index (χ0) is 20.3. The number of esters is 3. The van der Waals surface area contributed by atoms with E-state index < -0.39 is 17.9 Å². The highest BCUT2D eigenvalue weighted by Gasteiger charge is 2.28. The van der Waals surface area contributed by atoms with Gasteiger partial charge in [0, 0.05) is 10.9 Å². The van der Waals surface area contributed by atoms with Crippen LogP contribution in [0.2, 0.25) is 0 Å². The number of hydrogen-bond acceptors (Lipinski definition) is 10. The van der Waals surface area contributed by atoms with Gasteiger partial charge >= 0.3 is 17.9 Å². The van der Waals surface area contributed by atoms with Crippen molar-refractivity contribution in [2.24, 2.45) is 0 Å². The summed E-state index contributed by atoms with van der Waals surface area (Å²) >= 11 is 0.860. The Labute approximate surface area is 162 Å². The first-order chi connectivity index (χ1) is 13.5. The Kier molecular flexibility index (Phi) is 5.59. The molecule has 0 amide bonds. The number of aromatic nitrogens is 1. The van der Waals surface area contributed by atoms with Gasteiger partial charge in [-0.15, -0.1) is 11.3 Å². The molecule has 3 aromatic rings. The van der Waals surface area contributed by atoms with E-state index in [1.165, 1.54) is 14.2 Å². The number of para-hydroxylation sites is 1. The van der Waals surface area contributed by atoms with Gasteiger partial charge in [-0.05, 0) is 12.1 Å². The molecule has 0 unspecified atom stereocenters. The van der Waals surface area contributed by atoms with E-state index in [0.717, 1.165) is 11.3 Å². The smallest absolute Gasteiger partial charge is 0.348 e. The molecule has 3 rings (SSSR count). The lowest BCUT2D eigenvalue weighted by molar-refractivity contribution is -0.144. The van der Waals surface area contributed by atoms with E-state index in [4.69, 9.17) is 24.5 Å². The van der Waals surface area contributed by atoms with Gasteiger partial charge in [0.2, 0.25) is 0 Å². The standard InChI is InChI=1S/C18H16N2O7S/c1-24-17(22)14-10(15(18(23)25-2)28-16(14)19)8-26-13(21)7-11-9-5-3-4-6-12(9)27-20-11/h3-6H,7-8,19H2,1-2H3. The summed E-state index contributed by atoms with van der Waals surface area (Å²) < 4.78 is 19.8. The number of carbonyl (C=O) groups excluding carboxylic acids is 3. The Morgan fingerprint density at radius 2 is 1.86 bits per heavy atom. The maximum Gasteiger partial charge on any atom is 0.348 e. The third-order valence-corrected chi connectivity index (χ3v) is 4.98. The normalized spacial score (nSPS) is 10.6. The minimum atomic E-state index is -0.738. The highest BCUT2D eigenvalue weighted by molar-refractivity contribution is 7.18. The molecule has 0 aliphatic rings. The number of carbonyl (C=O) groups is 3. The van der Waals surface area contributed by atoms with Crippen molar-refractivity contribution in [2.75, 3.05) is 20.0 Å². The second-order valence-corrected chi connectivity index (χ2v) is 6.65. The molecule has 0 bridgehead atoms. The Morgan fingerprint density at radius 1 is 1.14 bits per heavy atom. The maximum atomic E-state index is 12.3. The van der Waals surface area contributed by atoms with Gasteiger partial charge in [-0.2, -0.15) is 0 Å². The third kappa shape index (κ3) is 3.67. The predicted octanol–water partition coefficient (Wildman–Crippen LogP) is 2.33. The fourth-order valence-electron chi connectivity index (χ4n) is 2.61. The van der Waals surface area contributed by atoms with Crippen LogP contribution in [0.4, 0.5) is 5.00 Å². The van der Waals surface area contributed by atoms with Crippen molar-refractivity contribution in [1.82, 2.24) is 5.16 Å². The maximum absolute atomic E-state index is 12.3. The van der Waals surface area contributed by atoms with Gasteiger partial charge in [0.25, 0.3) is 0 Å². The average Bonchev–Trinajstić information content (AvgIpc) is 3.26. The van der Waals surface area contributed by atoms with Gasteiger partial charge < -0.3 is 24.5 Å². The molecule has 10 heteroatoms. The molecule has 0 spiro atoms. The molecule has 0 atom stereocenters. The van der Waals surface area contributed by atoms with Crippen molar-refractivity contribution < 1.29 is 33.1 Å². The first kappa shape index (κ1) is 19.4. The van der Waals surface area contributed by atoms with Crippen molar-refractivity contribution in [1.29, 1.82) is 0 Å². The average molecular weight is 404 g/mol. The van der Waals surface area contributed by atoms with Crippen molar-refractivity contribution in [3.8, 4) is 0 Å². The quantitative estimate of drug-likeness (QED) is 0.485. The number of ether oxygens (including phenoxy) is 3. The van der Waals surface area contributed by atoms with Crippen LogP contribution >= 0.6 is 11.3 Å². The van der Waals surface area contributed by atoms with Crippen LogP contribution in [-0.2, 0) is 32.0 Å². The number of methoxy groups -OCH3 is 2. The van der Waals surface area contributed by atoms with Crippen molar-refractivity contribution >= 4 is 45.2 Å². The number of anilines is 1. The zero-order valence-electron chi connectivity index (χ0n) is 15.0. The van der Waals surface area contributed by atoms with E-state index in [2.05, 4.69) is 5.16 Å². The summed E-state index contributed by atoms with van der Waals surface area (Å²) in [5.74, 6) is -2.05. The SMILES string of the molecule is COC(=O)c1sc(N)c(C(=O)OC)c1COC(=O)Cc1noc2ccccc12. The van der Waals surface area contributed by atoms with Crippen LogP contribution in [0.1, 0.15) is 31.3 Å². The number of thiophene rings is 1. The summed E-state index contributed by atoms with van der Waals surface area (Å²) in [5.41, 5.74) is 6.93. The number of nitrogens with two attached hydrogens (primary N) is 1. The number of nitrogens with zero attached hydrogens (tertiary/aromatic N) is 1. The number of nitrogen functional groups attached to an aromatic ring is 1. The van der Waals surface area contributed by atoms with E-state index in [0.29, 0.717) is 16.7 Å². The molecule has 0 fully saturated rings. The van der Waals surface area contributed by atoms with Crippen LogP contribution in [0.5, 0.6) is 0 Å². The molecule has 0 saturated heterocycles. The van der Waals surface area contributed by atoms with Crippen LogP contribution in [-0.4, -0.2) is 37.3 Å². The number of fused-ring (bicyclic) bond motifs is 1. The summed E-state index contributed by atoms with van der Waals surface area (Å²) in [6.07, 6.45) is -0.141. The molecule has 2 heterocycles. The van der Waals surface area contributed by atoms with Gasteiger partial charge in [0.15, 0.2) is 5.58 Å². The summed E-state index contributed by atoms with van der Waals surface area (Å²) in [4.78, 5) is 36.3. The highest BCUT2D eigenvalue weighted by Crippen LogP contribution is 2.33. The first-order valence-corrected chi connectivity index (χ1v) is 8.84. The fraction of sp³-hybridized carbons (Fsp3) is 0.222. The van der Waals surface area contributed by atoms with Crippen LogP contribution in [0.25, 0.3) is 11.0 Å². The van der Waals surface area contributed by atoms with Gasteiger partial charge in [0.1, 0.15) is 27.7 Å². The Balaban J connectivity index is 1.80. The van der Waals surface area contributed by atoms with E-state index in [-0.39, 0.29) is 34.0 Å². The Bertz CT molecular complexity index is 1050. The van der Waals surface area contributed by atoms with Gasteiger partial charge in [-0.25, -0.2) is 9.59 Å². The summed E-state index contributed by atoms with van der Waals surface area (Å²) in [5, 5.41) is 4.64. The first-order valence-electron chi connectivity index (χ1n) is 8.03. The van der Waals surface area contributed by atoms with Gasteiger partial charge in [0.05, 0.1) is 20.6 Å². The second kappa shape index (κ2) is 8.09. The fourth-order valence-corrected chi connectivity index (χ4v) is 3.59. The minimum Gasteiger partial charge on any atom is -0.465 e. The minimum absolute atomic E-state index is 0.0208. The van der Waals surface area contributed by atoms with Crippen LogP contribution in [0.3, 0.4) is 0 Å². The lowest BCUT2D eigenvalue weighted by Gasteiger charge is -2.07. The molecule has 28 heavy (non-hydrogen) atoms. The lowest BCUT2D eigenvalue weighted by Crippen LogP contribution is -2.14. The van der Waals surface area contributed by atoms with Crippen molar-refractivity contribution in [2.45, 2.75) is 13.0 Å². The molecule has 9 nitrogen and oxygen atoms in total. The Hall–Kier alpha value is -3.40. The molecule has 2 aromatic heterocycles. The molecule has 2 N–H and O–H groups in total. The molecule has 0 saturated carbocycles. The number of hydrogen-bond donors (Lipinski definition) is 1. The molecule has 0 aliphatic heterocycles. The van der Waals surface area contributed by atoms with Gasteiger partial charge in [-0.3, -0.25) is 4.79 Å². The Morgan fingerprint density at radius 3 is 2.57 bits per heavy atom. The molecule has 0 radical (unpaired) electrons. The van der Waals surface area contributed by atoms with E-state index >= 15 is 0 Å². The van der Waals surface area contributed by atoms with Crippen LogP contribution in [0.15, 0.2) is 28.8 Å². The third-order valence-electron chi connectivity index (χ3n) is 3.94. The number of benzene rings is 1. The van der Waals surface area contributed by atoms with Crippen LogP contribution in [0, 0.1) is 0 Å². The summed E-state index contributed by atoms with van der Waals surface area (Å²) in [7, 11) is 2.38. The van der Waals surface area contributed by atoms with E-state index in [1.807, 2.05) is 0 Å². The van der Waals surface area contributed by atoms with Crippen molar-refractivity contribution in [3.05, 3.63) is 46.0 Å². The van der Waals surface area contributed by atoms with E-state index in [1.54, 1.807) is 24.3 Å². The van der Waals surface area contributed by atoms with Crippen molar-refractivity contribution in [3.63, 3.8) is 0 Å². The highest BCUT2D eigenvalue weighted by atomic mass is 32.1. The van der Waals surface area contributed by atoms with Crippen LogP contribution < -0.4 is 5.73 Å². The van der Waals surface area contributed by atoms with E-state index in [9.17, 15) is 14.4 Å². The lowest BCUT2D eigenvalue weighted by atomic mass is 10.1. The number of rotatable bonds is 6. The zero-order valence-corrected chi connectivity index (χ0v) is 15.8. The van der Waals surface area contributed by atoms with Gasteiger partial charge in [-0.1, -0.05) is 17.3 Å².